The van der Waals surface area contributed by atoms with Crippen molar-refractivity contribution < 1.29 is 0 Å². The largest absolute Gasteiger partial charge is 0.381 e. The Hall–Kier alpha value is -1.46. The second-order valence-corrected chi connectivity index (χ2v) is 4.75. The van der Waals surface area contributed by atoms with Gasteiger partial charge in [-0.25, -0.2) is 0 Å². The number of nitriles is 1. The quantitative estimate of drug-likeness (QED) is 0.822. The summed E-state index contributed by atoms with van der Waals surface area (Å²) in [6, 6.07) is 9.86. The molecule has 0 amide bonds. The van der Waals surface area contributed by atoms with E-state index in [4.69, 9.17) is 16.9 Å². The number of halogens is 1. The van der Waals surface area contributed by atoms with E-state index in [1.54, 1.807) is 0 Å². The van der Waals surface area contributed by atoms with Crippen molar-refractivity contribution >= 4 is 17.3 Å². The number of nitrogens with one attached hydrogen (secondary N) is 1. The Bertz CT molecular complexity index is 444. The Morgan fingerprint density at radius 2 is 2.00 bits per heavy atom. The van der Waals surface area contributed by atoms with E-state index in [0.29, 0.717) is 10.9 Å². The van der Waals surface area contributed by atoms with Crippen LogP contribution in [0.1, 0.15) is 26.3 Å². The van der Waals surface area contributed by atoms with E-state index in [1.165, 1.54) is 6.08 Å². The first-order valence-electron chi connectivity index (χ1n) is 5.67. The summed E-state index contributed by atoms with van der Waals surface area (Å²) >= 11 is 6.13. The Kier molecular flexibility index (Phi) is 5.06. The van der Waals surface area contributed by atoms with Gasteiger partial charge in [0, 0.05) is 22.7 Å². The topological polar surface area (TPSA) is 35.8 Å². The van der Waals surface area contributed by atoms with Crippen LogP contribution in [0.5, 0.6) is 0 Å². The summed E-state index contributed by atoms with van der Waals surface area (Å²) in [6.45, 7) is 6.36. The van der Waals surface area contributed by atoms with Gasteiger partial charge in [-0.2, -0.15) is 5.26 Å². The molecule has 1 atom stereocenters. The van der Waals surface area contributed by atoms with Crippen LogP contribution in [0, 0.1) is 17.2 Å². The minimum atomic E-state index is 0.283. The van der Waals surface area contributed by atoms with E-state index in [9.17, 15) is 0 Å². The lowest BCUT2D eigenvalue weighted by molar-refractivity contribution is 0.480. The molecule has 0 fully saturated rings. The Labute approximate surface area is 108 Å². The van der Waals surface area contributed by atoms with E-state index in [-0.39, 0.29) is 6.04 Å². The zero-order chi connectivity index (χ0) is 12.8. The molecule has 1 rings (SSSR count). The molecule has 1 N–H and O–H groups in total. The maximum Gasteiger partial charge on any atom is 0.0933 e. The summed E-state index contributed by atoms with van der Waals surface area (Å²) in [5.41, 5.74) is 1.64. The smallest absolute Gasteiger partial charge is 0.0933 e. The minimum absolute atomic E-state index is 0.283. The fourth-order valence-electron chi connectivity index (χ4n) is 1.35. The number of hydrogen-bond donors (Lipinski definition) is 1. The molecule has 17 heavy (non-hydrogen) atoms. The molecule has 0 saturated heterocycles. The fraction of sp³-hybridized carbons (Fsp3) is 0.357. The summed E-state index contributed by atoms with van der Waals surface area (Å²) in [5, 5.41) is 12.8. The maximum absolute atomic E-state index is 8.83. The highest BCUT2D eigenvalue weighted by atomic mass is 35.5. The molecule has 0 aliphatic rings. The average molecular weight is 249 g/mol. The van der Waals surface area contributed by atoms with E-state index in [0.717, 1.165) is 11.3 Å². The zero-order valence-electron chi connectivity index (χ0n) is 10.4. The van der Waals surface area contributed by atoms with Crippen LogP contribution in [-0.2, 0) is 0 Å². The maximum atomic E-state index is 8.83. The number of rotatable bonds is 4. The highest BCUT2D eigenvalue weighted by molar-refractivity contribution is 6.32. The van der Waals surface area contributed by atoms with Gasteiger partial charge in [-0.1, -0.05) is 43.6 Å². The van der Waals surface area contributed by atoms with Gasteiger partial charge < -0.3 is 5.32 Å². The van der Waals surface area contributed by atoms with Crippen LogP contribution >= 0.6 is 11.6 Å². The normalized spacial score (nSPS) is 13.3. The third-order valence-corrected chi connectivity index (χ3v) is 3.09. The van der Waals surface area contributed by atoms with E-state index in [2.05, 4.69) is 32.2 Å². The van der Waals surface area contributed by atoms with Crippen molar-refractivity contribution in [2.75, 3.05) is 0 Å². The van der Waals surface area contributed by atoms with Crippen molar-refractivity contribution in [3.63, 3.8) is 0 Å². The van der Waals surface area contributed by atoms with Crippen LogP contribution in [0.2, 0.25) is 5.02 Å². The van der Waals surface area contributed by atoms with Crippen LogP contribution in [-0.4, -0.2) is 6.04 Å². The summed E-state index contributed by atoms with van der Waals surface area (Å²) in [5.74, 6) is 0.486. The molecule has 0 bridgehead atoms. The molecule has 1 unspecified atom stereocenters. The predicted molar refractivity (Wildman–Crippen MR) is 72.5 cm³/mol. The molecule has 0 radical (unpaired) electrons. The molecule has 0 aliphatic carbocycles. The lowest BCUT2D eigenvalue weighted by atomic mass is 10.0. The highest BCUT2D eigenvalue weighted by Gasteiger charge is 2.11. The van der Waals surface area contributed by atoms with Crippen molar-refractivity contribution in [2.45, 2.75) is 26.8 Å². The monoisotopic (exact) mass is 248 g/mol. The second kappa shape index (κ2) is 6.32. The van der Waals surface area contributed by atoms with Crippen LogP contribution < -0.4 is 5.32 Å². The van der Waals surface area contributed by atoms with Crippen LogP contribution in [0.25, 0.3) is 5.70 Å². The second-order valence-electron chi connectivity index (χ2n) is 4.34. The van der Waals surface area contributed by atoms with Crippen molar-refractivity contribution in [3.05, 3.63) is 40.9 Å². The summed E-state index contributed by atoms with van der Waals surface area (Å²) in [7, 11) is 0. The standard InChI is InChI=1S/C14H17ClN2/c1-10(2)11(3)17-14(8-9-16)12-6-4-5-7-13(12)15/h4-8,10-11,17H,1-3H3/b14-8-. The molecule has 1 aromatic carbocycles. The third kappa shape index (κ3) is 3.80. The van der Waals surface area contributed by atoms with Crippen LogP contribution in [0.3, 0.4) is 0 Å². The predicted octanol–water partition coefficient (Wildman–Crippen LogP) is 3.84. The number of allylic oxidation sites excluding steroid dienone is 1. The minimum Gasteiger partial charge on any atom is -0.381 e. The average Bonchev–Trinajstić information content (AvgIpc) is 2.29. The van der Waals surface area contributed by atoms with E-state index >= 15 is 0 Å². The van der Waals surface area contributed by atoms with Gasteiger partial charge in [0.05, 0.1) is 11.8 Å². The molecule has 0 saturated carbocycles. The van der Waals surface area contributed by atoms with Gasteiger partial charge in [0.2, 0.25) is 0 Å². The molecule has 2 nitrogen and oxygen atoms in total. The third-order valence-electron chi connectivity index (χ3n) is 2.76. The Balaban J connectivity index is 3.01. The molecule has 0 heterocycles. The molecule has 0 spiro atoms. The fourth-order valence-corrected chi connectivity index (χ4v) is 1.59. The summed E-state index contributed by atoms with van der Waals surface area (Å²) in [4.78, 5) is 0. The first-order chi connectivity index (χ1) is 8.06. The Morgan fingerprint density at radius 3 is 2.53 bits per heavy atom. The van der Waals surface area contributed by atoms with Gasteiger partial charge in [-0.3, -0.25) is 0 Å². The van der Waals surface area contributed by atoms with Gasteiger partial charge in [-0.05, 0) is 18.9 Å². The molecular weight excluding hydrogens is 232 g/mol. The van der Waals surface area contributed by atoms with Crippen LogP contribution in [0.15, 0.2) is 30.3 Å². The van der Waals surface area contributed by atoms with Crippen LogP contribution in [0.4, 0.5) is 0 Å². The van der Waals surface area contributed by atoms with Crippen molar-refractivity contribution in [3.8, 4) is 6.07 Å². The molecule has 0 aliphatic heterocycles. The SMILES string of the molecule is CC(C)C(C)N/C(=C\C#N)c1ccccc1Cl. The number of hydrogen-bond acceptors (Lipinski definition) is 2. The van der Waals surface area contributed by atoms with Gasteiger partial charge in [0.25, 0.3) is 0 Å². The summed E-state index contributed by atoms with van der Waals surface area (Å²) in [6.07, 6.45) is 1.50. The van der Waals surface area contributed by atoms with Gasteiger partial charge >= 0.3 is 0 Å². The first kappa shape index (κ1) is 13.6. The van der Waals surface area contributed by atoms with Crippen molar-refractivity contribution in [1.29, 1.82) is 5.26 Å². The van der Waals surface area contributed by atoms with Crippen molar-refractivity contribution in [2.24, 2.45) is 5.92 Å². The lowest BCUT2D eigenvalue weighted by Gasteiger charge is -2.21. The first-order valence-corrected chi connectivity index (χ1v) is 6.05. The highest BCUT2D eigenvalue weighted by Crippen LogP contribution is 2.22. The molecule has 3 heteroatoms. The zero-order valence-corrected chi connectivity index (χ0v) is 11.1. The number of benzene rings is 1. The Morgan fingerprint density at radius 1 is 1.35 bits per heavy atom. The lowest BCUT2D eigenvalue weighted by Crippen LogP contribution is -2.29. The summed E-state index contributed by atoms with van der Waals surface area (Å²) < 4.78 is 0. The molecule has 1 aromatic rings. The van der Waals surface area contributed by atoms with Crippen molar-refractivity contribution in [1.82, 2.24) is 5.32 Å². The van der Waals surface area contributed by atoms with Gasteiger partial charge in [0.15, 0.2) is 0 Å². The van der Waals surface area contributed by atoms with E-state index in [1.807, 2.05) is 24.3 Å². The molecule has 0 aromatic heterocycles. The van der Waals surface area contributed by atoms with Gasteiger partial charge in [-0.15, -0.1) is 0 Å². The molecular formula is C14H17ClN2. The number of nitrogens with zero attached hydrogens (tertiary/aromatic N) is 1. The van der Waals surface area contributed by atoms with E-state index < -0.39 is 0 Å². The van der Waals surface area contributed by atoms with Gasteiger partial charge in [0.1, 0.15) is 0 Å². The molecule has 90 valence electrons.